The van der Waals surface area contributed by atoms with Crippen molar-refractivity contribution in [3.05, 3.63) is 70.4 Å². The highest BCUT2D eigenvalue weighted by Gasteiger charge is 2.12. The van der Waals surface area contributed by atoms with Gasteiger partial charge in [0.15, 0.2) is 5.69 Å². The third-order valence-corrected chi connectivity index (χ3v) is 4.92. The molecule has 164 valence electrons. The van der Waals surface area contributed by atoms with Gasteiger partial charge >= 0.3 is 11.7 Å². The van der Waals surface area contributed by atoms with Crippen LogP contribution in [-0.4, -0.2) is 58.7 Å². The van der Waals surface area contributed by atoms with E-state index in [0.717, 1.165) is 0 Å². The smallest absolute Gasteiger partial charge is 0.358 e. The summed E-state index contributed by atoms with van der Waals surface area (Å²) >= 11 is 1.31. The maximum atomic E-state index is 11.5. The molecule has 0 spiro atoms. The molecule has 0 unspecified atom stereocenters. The minimum absolute atomic E-state index is 0.0902. The van der Waals surface area contributed by atoms with Gasteiger partial charge in [-0.1, -0.05) is 11.8 Å². The van der Waals surface area contributed by atoms with Crippen LogP contribution in [0.15, 0.2) is 57.8 Å². The molecule has 0 amide bonds. The van der Waals surface area contributed by atoms with Crippen LogP contribution >= 0.6 is 11.8 Å². The van der Waals surface area contributed by atoms with E-state index in [1.54, 1.807) is 29.1 Å². The Labute approximate surface area is 183 Å². The summed E-state index contributed by atoms with van der Waals surface area (Å²) < 4.78 is 14.7. The van der Waals surface area contributed by atoms with Gasteiger partial charge in [0.05, 0.1) is 30.7 Å². The maximum absolute atomic E-state index is 11.5. The number of methoxy groups -OCH3 is 1. The average Bonchev–Trinajstić information content (AvgIpc) is 3.58. The van der Waals surface area contributed by atoms with Crippen LogP contribution in [0.5, 0.6) is 0 Å². The maximum Gasteiger partial charge on any atom is 0.358 e. The number of nitro groups is 1. The third-order valence-electron chi connectivity index (χ3n) is 4.00. The molecule has 0 aliphatic rings. The summed E-state index contributed by atoms with van der Waals surface area (Å²) in [6.45, 7) is 0.243. The second-order valence-electron chi connectivity index (χ2n) is 6.17. The number of ether oxygens (including phenoxy) is 1. The highest BCUT2D eigenvalue weighted by molar-refractivity contribution is 7.98. The van der Waals surface area contributed by atoms with Gasteiger partial charge in [-0.15, -0.1) is 10.2 Å². The molecule has 0 bridgehead atoms. The van der Waals surface area contributed by atoms with E-state index in [4.69, 9.17) is 4.42 Å². The number of thioether (sulfide) groups is 1. The molecule has 15 heteroatoms. The molecule has 14 nitrogen and oxygen atoms in total. The number of nitrogens with zero attached hydrogens (tertiary/aromatic N) is 9. The molecule has 0 atom stereocenters. The number of rotatable bonds is 9. The molecule has 4 heterocycles. The second kappa shape index (κ2) is 9.25. The quantitative estimate of drug-likeness (QED) is 0.119. The molecule has 0 aliphatic heterocycles. The van der Waals surface area contributed by atoms with Gasteiger partial charge < -0.3 is 9.15 Å². The number of carbonyl (C=O) groups is 1. The predicted molar refractivity (Wildman–Crippen MR) is 109 cm³/mol. The molecule has 32 heavy (non-hydrogen) atoms. The van der Waals surface area contributed by atoms with Gasteiger partial charge in [0.25, 0.3) is 0 Å². The van der Waals surface area contributed by atoms with E-state index in [-0.39, 0.29) is 17.9 Å². The molecule has 4 rings (SSSR count). The normalized spacial score (nSPS) is 11.3. The lowest BCUT2D eigenvalue weighted by atomic mass is 10.4. The van der Waals surface area contributed by atoms with E-state index in [1.807, 2.05) is 0 Å². The minimum Gasteiger partial charge on any atom is -0.464 e. The summed E-state index contributed by atoms with van der Waals surface area (Å²) in [6.07, 6.45) is 7.09. The van der Waals surface area contributed by atoms with Crippen LogP contribution in [0.25, 0.3) is 0 Å². The van der Waals surface area contributed by atoms with Crippen LogP contribution < -0.4 is 0 Å². The van der Waals surface area contributed by atoms with Gasteiger partial charge in [0, 0.05) is 6.20 Å². The topological polar surface area (TPSA) is 161 Å². The molecule has 4 aromatic heterocycles. The highest BCUT2D eigenvalue weighted by atomic mass is 32.2. The summed E-state index contributed by atoms with van der Waals surface area (Å²) in [4.78, 5) is 21.7. The van der Waals surface area contributed by atoms with Gasteiger partial charge in [0.1, 0.15) is 30.2 Å². The largest absolute Gasteiger partial charge is 0.464 e. The van der Waals surface area contributed by atoms with Gasteiger partial charge in [0.2, 0.25) is 5.16 Å². The summed E-state index contributed by atoms with van der Waals surface area (Å²) in [5.74, 6) is 0.903. The monoisotopic (exact) mass is 457 g/mol. The zero-order valence-corrected chi connectivity index (χ0v) is 17.3. The van der Waals surface area contributed by atoms with Crippen molar-refractivity contribution < 1.29 is 18.9 Å². The van der Waals surface area contributed by atoms with Crippen molar-refractivity contribution >= 4 is 29.6 Å². The van der Waals surface area contributed by atoms with Crippen molar-refractivity contribution in [3.63, 3.8) is 0 Å². The predicted octanol–water partition coefficient (Wildman–Crippen LogP) is 1.64. The van der Waals surface area contributed by atoms with Crippen molar-refractivity contribution in [2.45, 2.75) is 17.6 Å². The fourth-order valence-corrected chi connectivity index (χ4v) is 3.25. The lowest BCUT2D eigenvalue weighted by Gasteiger charge is -2.01. The first-order chi connectivity index (χ1) is 15.5. The Morgan fingerprint density at radius 1 is 1.38 bits per heavy atom. The van der Waals surface area contributed by atoms with Crippen molar-refractivity contribution in [1.82, 2.24) is 34.4 Å². The first-order valence-electron chi connectivity index (χ1n) is 8.96. The van der Waals surface area contributed by atoms with Crippen molar-refractivity contribution in [3.8, 4) is 0 Å². The molecule has 0 aromatic carbocycles. The van der Waals surface area contributed by atoms with Crippen LogP contribution in [0.1, 0.15) is 22.0 Å². The van der Waals surface area contributed by atoms with Crippen molar-refractivity contribution in [1.29, 1.82) is 0 Å². The fourth-order valence-electron chi connectivity index (χ4n) is 2.53. The molecule has 0 N–H and O–H groups in total. The molecule has 0 saturated carbocycles. The SMILES string of the molecule is COC(=O)c1ccn(CSc2nncn2/N=C\c2ccc(Cn3cc([N+](=O)[O-])cn3)o2)n1. The van der Waals surface area contributed by atoms with Crippen LogP contribution in [0.4, 0.5) is 5.69 Å². The zero-order valence-electron chi connectivity index (χ0n) is 16.5. The molecule has 4 aromatic rings. The zero-order chi connectivity index (χ0) is 22.5. The standard InChI is InChI=1S/C17H15N9O5S/c1-30-16(27)15-4-5-23(22-15)11-32-17-21-18-10-25(17)20-7-13-2-3-14(31-13)9-24-8-12(6-19-24)26(28)29/h2-8,10H,9,11H2,1H3/b20-7-. The highest BCUT2D eigenvalue weighted by Crippen LogP contribution is 2.17. The van der Waals surface area contributed by atoms with E-state index in [0.29, 0.717) is 22.6 Å². The summed E-state index contributed by atoms with van der Waals surface area (Å²) in [7, 11) is 1.29. The van der Waals surface area contributed by atoms with Crippen LogP contribution in [0, 0.1) is 10.1 Å². The number of aromatic nitrogens is 7. The number of carbonyl (C=O) groups excluding carboxylic acids is 1. The second-order valence-corrected chi connectivity index (χ2v) is 7.08. The third kappa shape index (κ3) is 4.89. The number of furan rings is 1. The summed E-state index contributed by atoms with van der Waals surface area (Å²) in [5, 5.41) is 31.4. The van der Waals surface area contributed by atoms with Gasteiger partial charge in [-0.05, 0) is 18.2 Å². The Balaban J connectivity index is 1.36. The van der Waals surface area contributed by atoms with Gasteiger partial charge in [-0.25, -0.2) is 4.79 Å². The Bertz CT molecular complexity index is 1270. The molecule has 0 aliphatic carbocycles. The molecule has 0 fully saturated rings. The molecule has 0 saturated heterocycles. The van der Waals surface area contributed by atoms with E-state index in [1.165, 1.54) is 53.2 Å². The van der Waals surface area contributed by atoms with Crippen molar-refractivity contribution in [2.75, 3.05) is 7.11 Å². The summed E-state index contributed by atoms with van der Waals surface area (Å²) in [5.41, 5.74) is 0.124. The molecular weight excluding hydrogens is 442 g/mol. The first kappa shape index (κ1) is 21.0. The lowest BCUT2D eigenvalue weighted by Crippen LogP contribution is -2.04. The Hall–Kier alpha value is -4.27. The average molecular weight is 457 g/mol. The first-order valence-corrected chi connectivity index (χ1v) is 9.95. The number of esters is 1. The van der Waals surface area contributed by atoms with Crippen molar-refractivity contribution in [2.24, 2.45) is 5.10 Å². The Morgan fingerprint density at radius 2 is 2.25 bits per heavy atom. The van der Waals surface area contributed by atoms with Crippen LogP contribution in [0.2, 0.25) is 0 Å². The molecule has 0 radical (unpaired) electrons. The Morgan fingerprint density at radius 3 is 3.03 bits per heavy atom. The van der Waals surface area contributed by atoms with Crippen LogP contribution in [-0.2, 0) is 17.2 Å². The van der Waals surface area contributed by atoms with Crippen LogP contribution in [0.3, 0.4) is 0 Å². The molecular formula is C17H15N9O5S. The number of hydrogen-bond donors (Lipinski definition) is 0. The van der Waals surface area contributed by atoms with Gasteiger partial charge in [-0.2, -0.15) is 20.0 Å². The van der Waals surface area contributed by atoms with E-state index >= 15 is 0 Å². The summed E-state index contributed by atoms with van der Waals surface area (Å²) in [6, 6.07) is 5.00. The van der Waals surface area contributed by atoms with E-state index in [2.05, 4.69) is 30.2 Å². The fraction of sp³-hybridized carbons (Fsp3) is 0.176. The lowest BCUT2D eigenvalue weighted by molar-refractivity contribution is -0.385. The minimum atomic E-state index is -0.511. The van der Waals surface area contributed by atoms with E-state index in [9.17, 15) is 14.9 Å². The number of hydrogen-bond acceptors (Lipinski definition) is 11. The van der Waals surface area contributed by atoms with E-state index < -0.39 is 10.9 Å². The Kier molecular flexibility index (Phi) is 6.07. The van der Waals surface area contributed by atoms with Gasteiger partial charge in [-0.3, -0.25) is 19.5 Å².